The molecule has 1 saturated carbocycles. The predicted octanol–water partition coefficient (Wildman–Crippen LogP) is 2.64. The molecule has 2 rings (SSSR count). The van der Waals surface area contributed by atoms with Gasteiger partial charge in [0.15, 0.2) is 0 Å². The van der Waals surface area contributed by atoms with Gasteiger partial charge in [-0.25, -0.2) is 8.78 Å². The molecular formula is C18H21F2N3O2. The second kappa shape index (κ2) is 8.56. The highest BCUT2D eigenvalue weighted by Crippen LogP contribution is 2.37. The second-order valence-corrected chi connectivity index (χ2v) is 6.30. The zero-order chi connectivity index (χ0) is 18.3. The Labute approximate surface area is 145 Å². The fourth-order valence-electron chi connectivity index (χ4n) is 2.98. The molecule has 1 aliphatic carbocycles. The molecule has 0 heterocycles. The van der Waals surface area contributed by atoms with E-state index in [9.17, 15) is 18.4 Å². The van der Waals surface area contributed by atoms with Crippen LogP contribution in [0.2, 0.25) is 0 Å². The van der Waals surface area contributed by atoms with Crippen LogP contribution in [0.15, 0.2) is 30.3 Å². The average molecular weight is 349 g/mol. The van der Waals surface area contributed by atoms with Gasteiger partial charge in [-0.3, -0.25) is 9.59 Å². The van der Waals surface area contributed by atoms with Gasteiger partial charge >= 0.3 is 0 Å². The third kappa shape index (κ3) is 5.82. The maximum absolute atomic E-state index is 13.3. The van der Waals surface area contributed by atoms with Crippen LogP contribution in [0.5, 0.6) is 0 Å². The Kier molecular flexibility index (Phi) is 6.45. The zero-order valence-corrected chi connectivity index (χ0v) is 13.8. The number of hydrogen-bond acceptors (Lipinski definition) is 3. The van der Waals surface area contributed by atoms with Gasteiger partial charge in [0, 0.05) is 18.4 Å². The van der Waals surface area contributed by atoms with Crippen molar-refractivity contribution < 1.29 is 18.4 Å². The first kappa shape index (κ1) is 18.8. The summed E-state index contributed by atoms with van der Waals surface area (Å²) in [5.41, 5.74) is 0.413. The van der Waals surface area contributed by atoms with E-state index in [1.54, 1.807) is 30.3 Å². The Morgan fingerprint density at radius 3 is 2.48 bits per heavy atom. The molecular weight excluding hydrogens is 328 g/mol. The molecule has 134 valence electrons. The molecule has 0 aromatic heterocycles. The van der Waals surface area contributed by atoms with Crippen molar-refractivity contribution in [3.63, 3.8) is 0 Å². The standard InChI is InChI=1S/C18H21F2N3O2/c19-18(20)8-6-13(7-9-18)12-15(17(25)22-11-10-21)23-16(24)14-4-2-1-3-5-14/h1-5,13,15H,6-9,11-12H2,(H,22,25)(H,23,24)/t15-/m0/s1. The predicted molar refractivity (Wildman–Crippen MR) is 87.8 cm³/mol. The third-order valence-corrected chi connectivity index (χ3v) is 4.41. The van der Waals surface area contributed by atoms with E-state index in [0.717, 1.165) is 0 Å². The first-order chi connectivity index (χ1) is 11.9. The molecule has 0 unspecified atom stereocenters. The van der Waals surface area contributed by atoms with Crippen molar-refractivity contribution in [2.75, 3.05) is 6.54 Å². The molecule has 0 aliphatic heterocycles. The lowest BCUT2D eigenvalue weighted by Crippen LogP contribution is -2.48. The van der Waals surface area contributed by atoms with Crippen molar-refractivity contribution in [2.45, 2.75) is 44.1 Å². The molecule has 0 radical (unpaired) electrons. The molecule has 2 amide bonds. The fraction of sp³-hybridized carbons (Fsp3) is 0.500. The Hall–Kier alpha value is -2.49. The second-order valence-electron chi connectivity index (χ2n) is 6.30. The highest BCUT2D eigenvalue weighted by atomic mass is 19.3. The molecule has 2 N–H and O–H groups in total. The summed E-state index contributed by atoms with van der Waals surface area (Å²) in [5, 5.41) is 13.7. The van der Waals surface area contributed by atoms with E-state index in [2.05, 4.69) is 10.6 Å². The third-order valence-electron chi connectivity index (χ3n) is 4.41. The number of nitrogens with one attached hydrogen (secondary N) is 2. The Bertz CT molecular complexity index is 633. The molecule has 0 saturated heterocycles. The highest BCUT2D eigenvalue weighted by Gasteiger charge is 2.36. The van der Waals surface area contributed by atoms with Crippen LogP contribution >= 0.6 is 0 Å². The number of nitriles is 1. The van der Waals surface area contributed by atoms with Gasteiger partial charge in [-0.15, -0.1) is 0 Å². The summed E-state index contributed by atoms with van der Waals surface area (Å²) in [6, 6.07) is 9.41. The van der Waals surface area contributed by atoms with E-state index in [0.29, 0.717) is 18.4 Å². The molecule has 1 aliphatic rings. The van der Waals surface area contributed by atoms with Gasteiger partial charge < -0.3 is 10.6 Å². The molecule has 0 bridgehead atoms. The number of rotatable bonds is 6. The number of amides is 2. The molecule has 1 fully saturated rings. The SMILES string of the molecule is N#CCNC(=O)[C@H](CC1CCC(F)(F)CC1)NC(=O)c1ccccc1. The van der Waals surface area contributed by atoms with Crippen molar-refractivity contribution in [1.82, 2.24) is 10.6 Å². The van der Waals surface area contributed by atoms with Gasteiger partial charge in [-0.05, 0) is 37.3 Å². The highest BCUT2D eigenvalue weighted by molar-refractivity contribution is 5.97. The van der Waals surface area contributed by atoms with Crippen molar-refractivity contribution >= 4 is 11.8 Å². The first-order valence-electron chi connectivity index (χ1n) is 8.30. The quantitative estimate of drug-likeness (QED) is 0.775. The smallest absolute Gasteiger partial charge is 0.251 e. The molecule has 1 atom stereocenters. The number of alkyl halides is 2. The van der Waals surface area contributed by atoms with Crippen LogP contribution in [-0.2, 0) is 4.79 Å². The van der Waals surface area contributed by atoms with Crippen LogP contribution in [0.1, 0.15) is 42.5 Å². The minimum atomic E-state index is -2.64. The summed E-state index contributed by atoms with van der Waals surface area (Å²) >= 11 is 0. The van der Waals surface area contributed by atoms with Crippen molar-refractivity contribution in [1.29, 1.82) is 5.26 Å². The van der Waals surface area contributed by atoms with Gasteiger partial charge in [0.1, 0.15) is 12.6 Å². The summed E-state index contributed by atoms with van der Waals surface area (Å²) < 4.78 is 26.6. The molecule has 1 aromatic rings. The minimum absolute atomic E-state index is 0.0615. The minimum Gasteiger partial charge on any atom is -0.341 e. The summed E-state index contributed by atoms with van der Waals surface area (Å²) in [6.45, 7) is -0.167. The normalized spacial score (nSPS) is 18.0. The van der Waals surface area contributed by atoms with E-state index >= 15 is 0 Å². The van der Waals surface area contributed by atoms with Crippen molar-refractivity contribution in [2.24, 2.45) is 5.92 Å². The van der Waals surface area contributed by atoms with E-state index < -0.39 is 23.8 Å². The molecule has 0 spiro atoms. The van der Waals surface area contributed by atoms with Crippen LogP contribution in [0, 0.1) is 17.2 Å². The van der Waals surface area contributed by atoms with E-state index in [1.807, 2.05) is 6.07 Å². The van der Waals surface area contributed by atoms with Gasteiger partial charge in [0.05, 0.1) is 6.07 Å². The maximum atomic E-state index is 13.3. The number of hydrogen-bond donors (Lipinski definition) is 2. The zero-order valence-electron chi connectivity index (χ0n) is 13.8. The Morgan fingerprint density at radius 2 is 1.88 bits per heavy atom. The number of benzene rings is 1. The van der Waals surface area contributed by atoms with Gasteiger partial charge in [0.25, 0.3) is 5.91 Å². The first-order valence-corrected chi connectivity index (χ1v) is 8.30. The molecule has 5 nitrogen and oxygen atoms in total. The Balaban J connectivity index is 2.01. The van der Waals surface area contributed by atoms with E-state index in [4.69, 9.17) is 5.26 Å². The van der Waals surface area contributed by atoms with Crippen LogP contribution in [0.25, 0.3) is 0 Å². The molecule has 1 aromatic carbocycles. The summed E-state index contributed by atoms with van der Waals surface area (Å²) in [7, 11) is 0. The summed E-state index contributed by atoms with van der Waals surface area (Å²) in [5.74, 6) is -3.57. The lowest BCUT2D eigenvalue weighted by molar-refractivity contribution is -0.123. The van der Waals surface area contributed by atoms with Crippen molar-refractivity contribution in [3.05, 3.63) is 35.9 Å². The van der Waals surface area contributed by atoms with Crippen LogP contribution < -0.4 is 10.6 Å². The van der Waals surface area contributed by atoms with Gasteiger partial charge in [0.2, 0.25) is 11.8 Å². The van der Waals surface area contributed by atoms with Crippen LogP contribution in [0.3, 0.4) is 0 Å². The van der Waals surface area contributed by atoms with E-state index in [1.165, 1.54) is 0 Å². The topological polar surface area (TPSA) is 82.0 Å². The van der Waals surface area contributed by atoms with Crippen LogP contribution in [0.4, 0.5) is 8.78 Å². The number of carbonyl (C=O) groups is 2. The molecule has 7 heteroatoms. The van der Waals surface area contributed by atoms with Gasteiger partial charge in [-0.2, -0.15) is 5.26 Å². The van der Waals surface area contributed by atoms with Gasteiger partial charge in [-0.1, -0.05) is 18.2 Å². The van der Waals surface area contributed by atoms with Crippen LogP contribution in [-0.4, -0.2) is 30.3 Å². The average Bonchev–Trinajstić information content (AvgIpc) is 2.61. The van der Waals surface area contributed by atoms with E-state index in [-0.39, 0.29) is 31.7 Å². The Morgan fingerprint density at radius 1 is 1.24 bits per heavy atom. The lowest BCUT2D eigenvalue weighted by Gasteiger charge is -2.30. The lowest BCUT2D eigenvalue weighted by atomic mass is 9.82. The number of nitrogens with zero attached hydrogens (tertiary/aromatic N) is 1. The monoisotopic (exact) mass is 349 g/mol. The largest absolute Gasteiger partial charge is 0.341 e. The fourth-order valence-corrected chi connectivity index (χ4v) is 2.98. The number of halogens is 2. The summed E-state index contributed by atoms with van der Waals surface area (Å²) in [6.07, 6.45) is 0.520. The maximum Gasteiger partial charge on any atom is 0.251 e. The molecule has 25 heavy (non-hydrogen) atoms. The summed E-state index contributed by atoms with van der Waals surface area (Å²) in [4.78, 5) is 24.5. The van der Waals surface area contributed by atoms with Crippen molar-refractivity contribution in [3.8, 4) is 6.07 Å². The number of carbonyl (C=O) groups excluding carboxylic acids is 2.